The van der Waals surface area contributed by atoms with E-state index >= 15 is 0 Å². The van der Waals surface area contributed by atoms with Crippen molar-refractivity contribution in [2.45, 2.75) is 69.7 Å². The molecule has 9 nitrogen and oxygen atoms in total. The summed E-state index contributed by atoms with van der Waals surface area (Å²) < 4.78 is 5.37. The lowest BCUT2D eigenvalue weighted by Gasteiger charge is -2.34. The Labute approximate surface area is 211 Å². The molecule has 6 N–H and O–H groups in total. The first-order chi connectivity index (χ1) is 16.9. The van der Waals surface area contributed by atoms with E-state index in [0.29, 0.717) is 12.0 Å². The molecule has 36 heavy (non-hydrogen) atoms. The lowest BCUT2D eigenvalue weighted by atomic mass is 9.76. The molecule has 1 amide bonds. The van der Waals surface area contributed by atoms with Crippen molar-refractivity contribution in [3.63, 3.8) is 0 Å². The van der Waals surface area contributed by atoms with Crippen molar-refractivity contribution < 1.29 is 34.4 Å². The number of hydrogen-bond donors (Lipinski definition) is 5. The van der Waals surface area contributed by atoms with Crippen molar-refractivity contribution in [3.8, 4) is 0 Å². The molecule has 0 radical (unpaired) electrons. The Morgan fingerprint density at radius 3 is 2.03 bits per heavy atom. The van der Waals surface area contributed by atoms with Crippen molar-refractivity contribution in [3.05, 3.63) is 71.8 Å². The number of nitrogens with two attached hydrogens (primary N) is 1. The molecule has 0 saturated carbocycles. The van der Waals surface area contributed by atoms with Gasteiger partial charge < -0.3 is 31.1 Å². The van der Waals surface area contributed by atoms with Gasteiger partial charge in [0.05, 0.1) is 18.4 Å². The van der Waals surface area contributed by atoms with Gasteiger partial charge in [-0.2, -0.15) is 0 Å². The van der Waals surface area contributed by atoms with Crippen LogP contribution in [0.15, 0.2) is 60.7 Å². The molecule has 0 saturated heterocycles. The zero-order valence-corrected chi connectivity index (χ0v) is 20.8. The Balaban J connectivity index is 2.31. The van der Waals surface area contributed by atoms with Crippen molar-refractivity contribution in [2.24, 2.45) is 11.7 Å². The van der Waals surface area contributed by atoms with Crippen LogP contribution in [0.3, 0.4) is 0 Å². The monoisotopic (exact) mass is 500 g/mol. The molecule has 2 aromatic rings. The fourth-order valence-electron chi connectivity index (χ4n) is 4.21. The number of hydrogen-bond acceptors (Lipinski definition) is 6. The number of aliphatic hydroxyl groups excluding tert-OH is 1. The highest BCUT2D eigenvalue weighted by molar-refractivity contribution is 5.79. The van der Waals surface area contributed by atoms with Gasteiger partial charge in [0.2, 0.25) is 0 Å². The number of carbonyl (C=O) groups is 3. The molecule has 9 heteroatoms. The first-order valence-corrected chi connectivity index (χ1v) is 11.8. The highest BCUT2D eigenvalue weighted by atomic mass is 16.6. The third-order valence-electron chi connectivity index (χ3n) is 5.76. The van der Waals surface area contributed by atoms with Crippen LogP contribution in [0.25, 0.3) is 0 Å². The molecule has 2 aromatic carbocycles. The van der Waals surface area contributed by atoms with E-state index in [-0.39, 0.29) is 6.42 Å². The maximum absolute atomic E-state index is 12.5. The SMILES string of the molecule is CC(C)(C)OC(=O)N[C@@H](Cc1ccccc1)C[C@H](O)[C@@H](N)C(c1ccccc1)C(CC(=O)O)C(=O)O. The Kier molecular flexibility index (Phi) is 10.4. The van der Waals surface area contributed by atoms with E-state index in [4.69, 9.17) is 10.5 Å². The van der Waals surface area contributed by atoms with Crippen molar-refractivity contribution in [2.75, 3.05) is 0 Å². The summed E-state index contributed by atoms with van der Waals surface area (Å²) in [7, 11) is 0. The molecule has 2 rings (SSSR count). The number of nitrogens with one attached hydrogen (secondary N) is 1. The number of aliphatic hydroxyl groups is 1. The fourth-order valence-corrected chi connectivity index (χ4v) is 4.21. The number of alkyl carbamates (subject to hydrolysis) is 1. The van der Waals surface area contributed by atoms with Crippen LogP contribution >= 0.6 is 0 Å². The van der Waals surface area contributed by atoms with Crippen molar-refractivity contribution >= 4 is 18.0 Å². The average Bonchev–Trinajstić information content (AvgIpc) is 2.78. The summed E-state index contributed by atoms with van der Waals surface area (Å²) in [4.78, 5) is 36.0. The number of rotatable bonds is 12. The van der Waals surface area contributed by atoms with Crippen LogP contribution in [0.2, 0.25) is 0 Å². The molecule has 0 aliphatic rings. The number of carbonyl (C=O) groups excluding carboxylic acids is 1. The van der Waals surface area contributed by atoms with Gasteiger partial charge in [-0.05, 0) is 44.7 Å². The predicted molar refractivity (Wildman–Crippen MR) is 134 cm³/mol. The Morgan fingerprint density at radius 1 is 0.972 bits per heavy atom. The summed E-state index contributed by atoms with van der Waals surface area (Å²) in [6, 6.07) is 16.1. The summed E-state index contributed by atoms with van der Waals surface area (Å²) >= 11 is 0. The van der Waals surface area contributed by atoms with Crippen molar-refractivity contribution in [1.29, 1.82) is 0 Å². The van der Waals surface area contributed by atoms with Gasteiger partial charge in [0.15, 0.2) is 0 Å². The molecule has 5 atom stereocenters. The van der Waals surface area contributed by atoms with E-state index in [1.54, 1.807) is 51.1 Å². The first-order valence-electron chi connectivity index (χ1n) is 11.8. The maximum Gasteiger partial charge on any atom is 0.407 e. The van der Waals surface area contributed by atoms with E-state index in [1.165, 1.54) is 0 Å². The molecule has 0 spiro atoms. The van der Waals surface area contributed by atoms with Crippen LogP contribution in [0, 0.1) is 5.92 Å². The Bertz CT molecular complexity index is 992. The molecule has 0 aromatic heterocycles. The van der Waals surface area contributed by atoms with Crippen LogP contribution in [-0.4, -0.2) is 57.1 Å². The van der Waals surface area contributed by atoms with E-state index in [0.717, 1.165) is 5.56 Å². The summed E-state index contributed by atoms with van der Waals surface area (Å²) in [5.41, 5.74) is 7.13. The lowest BCUT2D eigenvalue weighted by Crippen LogP contribution is -2.49. The van der Waals surface area contributed by atoms with E-state index in [2.05, 4.69) is 5.32 Å². The topological polar surface area (TPSA) is 159 Å². The number of carboxylic acid groups (broad SMARTS) is 2. The molecular weight excluding hydrogens is 464 g/mol. The first kappa shape index (κ1) is 28.8. The smallest absolute Gasteiger partial charge is 0.407 e. The number of benzene rings is 2. The van der Waals surface area contributed by atoms with Gasteiger partial charge in [-0.1, -0.05) is 60.7 Å². The number of amides is 1. The Hall–Kier alpha value is -3.43. The number of aliphatic carboxylic acids is 2. The largest absolute Gasteiger partial charge is 0.481 e. The quantitative estimate of drug-likeness (QED) is 0.297. The third-order valence-corrected chi connectivity index (χ3v) is 5.76. The zero-order valence-electron chi connectivity index (χ0n) is 20.8. The predicted octanol–water partition coefficient (Wildman–Crippen LogP) is 3.16. The Morgan fingerprint density at radius 2 is 1.53 bits per heavy atom. The van der Waals surface area contributed by atoms with E-state index in [9.17, 15) is 29.7 Å². The second kappa shape index (κ2) is 13.0. The molecule has 2 unspecified atom stereocenters. The number of ether oxygens (including phenoxy) is 1. The molecule has 0 heterocycles. The minimum atomic E-state index is -1.36. The average molecular weight is 501 g/mol. The molecule has 0 aliphatic carbocycles. The summed E-state index contributed by atoms with van der Waals surface area (Å²) in [5.74, 6) is -4.94. The third kappa shape index (κ3) is 9.31. The standard InChI is InChI=1S/C27H36N2O7/c1-27(2,3)36-26(35)29-19(14-17-10-6-4-7-11-17)15-21(30)24(28)23(18-12-8-5-9-13-18)20(25(33)34)16-22(31)32/h4-13,19-21,23-24,30H,14-16,28H2,1-3H3,(H,29,35)(H,31,32)(H,33,34)/t19-,20?,21-,23?,24+/m0/s1. The molecule has 0 aliphatic heterocycles. The van der Waals surface area contributed by atoms with E-state index in [1.807, 2.05) is 30.3 Å². The highest BCUT2D eigenvalue weighted by Gasteiger charge is 2.39. The van der Waals surface area contributed by atoms with Gasteiger partial charge >= 0.3 is 18.0 Å². The normalized spacial score (nSPS) is 15.7. The lowest BCUT2D eigenvalue weighted by molar-refractivity contribution is -0.149. The van der Waals surface area contributed by atoms with Crippen LogP contribution in [0.5, 0.6) is 0 Å². The van der Waals surface area contributed by atoms with Crippen LogP contribution < -0.4 is 11.1 Å². The second-order valence-corrected chi connectivity index (χ2v) is 9.89. The fraction of sp³-hybridized carbons (Fsp3) is 0.444. The second-order valence-electron chi connectivity index (χ2n) is 9.89. The van der Waals surface area contributed by atoms with E-state index < -0.39 is 60.1 Å². The molecule has 196 valence electrons. The summed E-state index contributed by atoms with van der Waals surface area (Å²) in [6.07, 6.45) is -2.19. The molecule has 0 bridgehead atoms. The van der Waals surface area contributed by atoms with Crippen LogP contribution in [-0.2, 0) is 20.7 Å². The van der Waals surface area contributed by atoms with Gasteiger partial charge in [-0.25, -0.2) is 4.79 Å². The zero-order chi connectivity index (χ0) is 26.9. The van der Waals surface area contributed by atoms with Crippen LogP contribution in [0.1, 0.15) is 50.7 Å². The molecule has 0 fully saturated rings. The molecular formula is C27H36N2O7. The van der Waals surface area contributed by atoms with Gasteiger partial charge in [0, 0.05) is 18.0 Å². The van der Waals surface area contributed by atoms with Gasteiger partial charge in [0.1, 0.15) is 5.60 Å². The van der Waals surface area contributed by atoms with Crippen molar-refractivity contribution in [1.82, 2.24) is 5.32 Å². The van der Waals surface area contributed by atoms with Crippen LogP contribution in [0.4, 0.5) is 4.79 Å². The summed E-state index contributed by atoms with van der Waals surface area (Å²) in [5, 5.41) is 33.1. The maximum atomic E-state index is 12.5. The summed E-state index contributed by atoms with van der Waals surface area (Å²) in [6.45, 7) is 5.22. The van der Waals surface area contributed by atoms with Gasteiger partial charge in [-0.3, -0.25) is 9.59 Å². The van der Waals surface area contributed by atoms with Gasteiger partial charge in [-0.15, -0.1) is 0 Å². The van der Waals surface area contributed by atoms with Gasteiger partial charge in [0.25, 0.3) is 0 Å². The minimum Gasteiger partial charge on any atom is -0.481 e. The highest BCUT2D eigenvalue weighted by Crippen LogP contribution is 2.32. The minimum absolute atomic E-state index is 0.00194. The number of carboxylic acids is 2.